The average Bonchev–Trinajstić information content (AvgIpc) is 2.18. The Kier molecular flexibility index (Phi) is 4.69. The van der Waals surface area contributed by atoms with Crippen LogP contribution in [0.2, 0.25) is 0 Å². The monoisotopic (exact) mass is 349 g/mol. The van der Waals surface area contributed by atoms with Crippen molar-refractivity contribution in [1.29, 1.82) is 0 Å². The predicted octanol–water partition coefficient (Wildman–Crippen LogP) is 4.21. The number of halogens is 6. The molecule has 17 heavy (non-hydrogen) atoms. The minimum atomic E-state index is -4.58. The largest absolute Gasteiger partial charge is 0.418 e. The van der Waals surface area contributed by atoms with E-state index in [-0.39, 0.29) is 4.47 Å². The summed E-state index contributed by atoms with van der Waals surface area (Å²) in [4.78, 5) is 9.69. The highest BCUT2D eigenvalue weighted by Gasteiger charge is 2.34. The molecule has 94 valence electrons. The van der Waals surface area contributed by atoms with Crippen molar-refractivity contribution < 1.29 is 18.0 Å². The lowest BCUT2D eigenvalue weighted by atomic mass is 10.1. The number of hydrogen-bond acceptors (Lipinski definition) is 1. The Hall–Kier alpha value is -0.460. The molecule has 0 heterocycles. The zero-order valence-electron chi connectivity index (χ0n) is 7.99. The van der Waals surface area contributed by atoms with E-state index in [2.05, 4.69) is 15.9 Å². The number of carbonyl (C=O) groups is 1. The van der Waals surface area contributed by atoms with Crippen molar-refractivity contribution in [2.45, 2.75) is 11.0 Å². The van der Waals surface area contributed by atoms with Crippen LogP contribution in [0.15, 0.2) is 22.7 Å². The van der Waals surface area contributed by atoms with E-state index in [9.17, 15) is 18.0 Å². The van der Waals surface area contributed by atoms with Crippen molar-refractivity contribution in [3.8, 4) is 0 Å². The first-order valence-electron chi connectivity index (χ1n) is 4.17. The molecule has 0 spiro atoms. The molecule has 0 bridgehead atoms. The molecule has 0 radical (unpaired) electrons. The first kappa shape index (κ1) is 14.6. The molecule has 0 saturated heterocycles. The van der Waals surface area contributed by atoms with Gasteiger partial charge >= 0.3 is 6.18 Å². The van der Waals surface area contributed by atoms with Crippen LogP contribution in [-0.2, 0) is 11.0 Å². The molecule has 0 unspecified atom stereocenters. The normalized spacial score (nSPS) is 11.7. The van der Waals surface area contributed by atoms with Gasteiger partial charge in [0, 0.05) is 4.47 Å². The predicted molar refractivity (Wildman–Crippen MR) is 63.3 cm³/mol. The first-order chi connectivity index (χ1) is 7.71. The number of carbonyl (C=O) groups excluding carboxylic acids is 1. The lowest BCUT2D eigenvalue weighted by Gasteiger charge is -2.14. The number of amides is 1. The molecular formula is C9H5BrCl2F3NO. The highest BCUT2D eigenvalue weighted by atomic mass is 79.9. The molecule has 0 aliphatic heterocycles. The Balaban J connectivity index is 3.12. The molecule has 0 aliphatic rings. The lowest BCUT2D eigenvalue weighted by Crippen LogP contribution is -2.21. The third kappa shape index (κ3) is 4.04. The van der Waals surface area contributed by atoms with Crippen LogP contribution in [0.1, 0.15) is 5.56 Å². The third-order valence-corrected chi connectivity index (χ3v) is 2.63. The molecule has 0 fully saturated rings. The fourth-order valence-corrected chi connectivity index (χ4v) is 1.52. The maximum Gasteiger partial charge on any atom is 0.418 e. The second-order valence-electron chi connectivity index (χ2n) is 2.98. The average molecular weight is 351 g/mol. The molecule has 0 aliphatic carbocycles. The summed E-state index contributed by atoms with van der Waals surface area (Å²) < 4.78 is 38.2. The summed E-state index contributed by atoms with van der Waals surface area (Å²) in [7, 11) is 0. The van der Waals surface area contributed by atoms with Crippen LogP contribution in [0.5, 0.6) is 0 Å². The van der Waals surface area contributed by atoms with Gasteiger partial charge in [0.2, 0.25) is 0 Å². The van der Waals surface area contributed by atoms with Gasteiger partial charge in [0.15, 0.2) is 4.84 Å². The van der Waals surface area contributed by atoms with Crippen LogP contribution in [0.4, 0.5) is 18.9 Å². The van der Waals surface area contributed by atoms with Crippen molar-refractivity contribution in [1.82, 2.24) is 0 Å². The van der Waals surface area contributed by atoms with Gasteiger partial charge in [0.05, 0.1) is 11.3 Å². The van der Waals surface area contributed by atoms with Crippen molar-refractivity contribution in [3.63, 3.8) is 0 Å². The number of anilines is 1. The van der Waals surface area contributed by atoms with Crippen LogP contribution in [0.25, 0.3) is 0 Å². The van der Waals surface area contributed by atoms with E-state index in [1.54, 1.807) is 0 Å². The van der Waals surface area contributed by atoms with E-state index in [1.807, 2.05) is 5.32 Å². The van der Waals surface area contributed by atoms with Crippen molar-refractivity contribution in [3.05, 3.63) is 28.2 Å². The van der Waals surface area contributed by atoms with Gasteiger partial charge < -0.3 is 5.32 Å². The van der Waals surface area contributed by atoms with Gasteiger partial charge in [-0.15, -0.1) is 0 Å². The van der Waals surface area contributed by atoms with Gasteiger partial charge in [-0.2, -0.15) is 13.2 Å². The molecule has 1 rings (SSSR count). The van der Waals surface area contributed by atoms with Crippen LogP contribution in [-0.4, -0.2) is 10.7 Å². The van der Waals surface area contributed by atoms with Crippen LogP contribution in [0.3, 0.4) is 0 Å². The summed E-state index contributed by atoms with van der Waals surface area (Å²) in [5.41, 5.74) is -1.37. The Labute approximate surface area is 113 Å². The third-order valence-electron chi connectivity index (χ3n) is 1.74. The zero-order valence-corrected chi connectivity index (χ0v) is 11.1. The molecule has 2 nitrogen and oxygen atoms in total. The standard InChI is InChI=1S/C9H5BrCl2F3NO/c10-4-1-2-6(16-8(17)7(11)12)5(3-4)9(13,14)15/h1-3,7H,(H,16,17). The second kappa shape index (κ2) is 5.46. The van der Waals surface area contributed by atoms with Crippen molar-refractivity contribution in [2.24, 2.45) is 0 Å². The van der Waals surface area contributed by atoms with Crippen LogP contribution < -0.4 is 5.32 Å². The summed E-state index contributed by atoms with van der Waals surface area (Å²) in [5.74, 6) is -0.916. The van der Waals surface area contributed by atoms with Crippen LogP contribution >= 0.6 is 39.1 Å². The maximum atomic E-state index is 12.6. The van der Waals surface area contributed by atoms with E-state index < -0.39 is 28.2 Å². The van der Waals surface area contributed by atoms with E-state index in [0.29, 0.717) is 0 Å². The summed E-state index contributed by atoms with van der Waals surface area (Å²) >= 11 is 13.4. The quantitative estimate of drug-likeness (QED) is 0.795. The summed E-state index contributed by atoms with van der Waals surface area (Å²) in [5, 5.41) is 2.00. The van der Waals surface area contributed by atoms with Gasteiger partial charge in [0.25, 0.3) is 5.91 Å². The lowest BCUT2D eigenvalue weighted by molar-refractivity contribution is -0.137. The maximum absolute atomic E-state index is 12.6. The van der Waals surface area contributed by atoms with E-state index >= 15 is 0 Å². The number of alkyl halides is 5. The number of rotatable bonds is 2. The first-order valence-corrected chi connectivity index (χ1v) is 5.84. The van der Waals surface area contributed by atoms with Crippen molar-refractivity contribution >= 4 is 50.7 Å². The fraction of sp³-hybridized carbons (Fsp3) is 0.222. The van der Waals surface area contributed by atoms with Gasteiger partial charge in [-0.05, 0) is 18.2 Å². The van der Waals surface area contributed by atoms with E-state index in [0.717, 1.165) is 12.1 Å². The molecule has 8 heteroatoms. The van der Waals surface area contributed by atoms with E-state index in [4.69, 9.17) is 23.2 Å². The Morgan fingerprint density at radius 3 is 2.41 bits per heavy atom. The summed E-state index contributed by atoms with van der Waals surface area (Å²) in [6, 6.07) is 3.33. The Morgan fingerprint density at radius 2 is 1.94 bits per heavy atom. The van der Waals surface area contributed by atoms with Gasteiger partial charge in [-0.25, -0.2) is 0 Å². The Morgan fingerprint density at radius 1 is 1.35 bits per heavy atom. The minimum Gasteiger partial charge on any atom is -0.323 e. The number of benzene rings is 1. The fourth-order valence-electron chi connectivity index (χ4n) is 1.05. The summed E-state index contributed by atoms with van der Waals surface area (Å²) in [6.07, 6.45) is -4.58. The smallest absolute Gasteiger partial charge is 0.323 e. The van der Waals surface area contributed by atoms with Gasteiger partial charge in [0.1, 0.15) is 0 Å². The van der Waals surface area contributed by atoms with Crippen molar-refractivity contribution in [2.75, 3.05) is 5.32 Å². The molecule has 0 atom stereocenters. The Bertz CT molecular complexity index is 437. The highest BCUT2D eigenvalue weighted by molar-refractivity contribution is 9.10. The SMILES string of the molecule is O=C(Nc1ccc(Br)cc1C(F)(F)F)C(Cl)Cl. The van der Waals surface area contributed by atoms with E-state index in [1.165, 1.54) is 6.07 Å². The molecule has 1 aromatic carbocycles. The van der Waals surface area contributed by atoms with Gasteiger partial charge in [-0.1, -0.05) is 39.1 Å². The second-order valence-corrected chi connectivity index (χ2v) is 4.99. The molecular weight excluding hydrogens is 346 g/mol. The molecule has 1 amide bonds. The minimum absolute atomic E-state index is 0.246. The van der Waals surface area contributed by atoms with Gasteiger partial charge in [-0.3, -0.25) is 4.79 Å². The molecule has 0 aromatic heterocycles. The topological polar surface area (TPSA) is 29.1 Å². The molecule has 1 N–H and O–H groups in total. The zero-order chi connectivity index (χ0) is 13.2. The summed E-state index contributed by atoms with van der Waals surface area (Å²) in [6.45, 7) is 0. The molecule has 0 saturated carbocycles. The highest BCUT2D eigenvalue weighted by Crippen LogP contribution is 2.36. The van der Waals surface area contributed by atoms with Crippen LogP contribution in [0, 0.1) is 0 Å². The number of nitrogens with one attached hydrogen (secondary N) is 1. The molecule has 1 aromatic rings. The number of hydrogen-bond donors (Lipinski definition) is 1.